The van der Waals surface area contributed by atoms with E-state index in [0.717, 1.165) is 15.5 Å². The molecule has 0 unspecified atom stereocenters. The first-order chi connectivity index (χ1) is 13.5. The number of rotatable bonds is 6. The van der Waals surface area contributed by atoms with Crippen LogP contribution in [-0.2, 0) is 16.0 Å². The number of nitrogens with zero attached hydrogens (tertiary/aromatic N) is 3. The highest BCUT2D eigenvalue weighted by molar-refractivity contribution is 7.15. The third-order valence-corrected chi connectivity index (χ3v) is 5.67. The summed E-state index contributed by atoms with van der Waals surface area (Å²) >= 11 is 7.64. The van der Waals surface area contributed by atoms with Crippen LogP contribution in [0.3, 0.4) is 0 Å². The normalized spacial score (nSPS) is 14.7. The second-order valence-corrected chi connectivity index (χ2v) is 7.93. The van der Waals surface area contributed by atoms with Crippen LogP contribution in [0.2, 0.25) is 5.02 Å². The first-order valence-corrected chi connectivity index (χ1v) is 10.4. The molecule has 1 aromatic heterocycles. The summed E-state index contributed by atoms with van der Waals surface area (Å²) < 4.78 is 5.00. The molecule has 0 atom stereocenters. The Hall–Kier alpha value is -2.16. The molecule has 0 radical (unpaired) electrons. The molecule has 3 rings (SSSR count). The lowest BCUT2D eigenvalue weighted by atomic mass is 10.1. The van der Waals surface area contributed by atoms with E-state index in [0.29, 0.717) is 44.3 Å². The molecule has 1 N–H and O–H groups in total. The van der Waals surface area contributed by atoms with E-state index in [1.165, 1.54) is 11.3 Å². The summed E-state index contributed by atoms with van der Waals surface area (Å²) in [5, 5.41) is 4.16. The molecule has 2 heterocycles. The molecule has 1 saturated heterocycles. The van der Waals surface area contributed by atoms with Crippen molar-refractivity contribution in [3.05, 3.63) is 45.9 Å². The Morgan fingerprint density at radius 1 is 1.25 bits per heavy atom. The minimum atomic E-state index is -0.291. The van der Waals surface area contributed by atoms with Gasteiger partial charge in [0.15, 0.2) is 5.13 Å². The van der Waals surface area contributed by atoms with Gasteiger partial charge in [0.05, 0.1) is 13.2 Å². The van der Waals surface area contributed by atoms with Crippen LogP contribution in [0.15, 0.2) is 30.5 Å². The number of thiazole rings is 1. The molecule has 9 heteroatoms. The fraction of sp³-hybridized carbons (Fsp3) is 0.421. The van der Waals surface area contributed by atoms with E-state index < -0.39 is 0 Å². The van der Waals surface area contributed by atoms with Gasteiger partial charge in [-0.1, -0.05) is 29.8 Å². The van der Waals surface area contributed by atoms with Crippen molar-refractivity contribution < 1.29 is 14.3 Å². The van der Waals surface area contributed by atoms with Gasteiger partial charge in [-0.2, -0.15) is 0 Å². The van der Waals surface area contributed by atoms with Crippen LogP contribution in [-0.4, -0.2) is 66.1 Å². The molecule has 150 valence electrons. The van der Waals surface area contributed by atoms with Gasteiger partial charge in [0.25, 0.3) is 0 Å². The molecule has 0 bridgehead atoms. The van der Waals surface area contributed by atoms with Crippen molar-refractivity contribution >= 4 is 40.1 Å². The van der Waals surface area contributed by atoms with Crippen LogP contribution in [0.4, 0.5) is 9.93 Å². The number of hydrogen-bond acceptors (Lipinski definition) is 6. The number of benzene rings is 1. The second kappa shape index (κ2) is 9.86. The van der Waals surface area contributed by atoms with Crippen LogP contribution < -0.4 is 5.32 Å². The Bertz CT molecular complexity index is 821. The molecule has 1 fully saturated rings. The number of hydrogen-bond donors (Lipinski definition) is 1. The van der Waals surface area contributed by atoms with Crippen molar-refractivity contribution in [2.45, 2.75) is 13.3 Å². The van der Waals surface area contributed by atoms with Gasteiger partial charge < -0.3 is 15.0 Å². The largest absolute Gasteiger partial charge is 0.450 e. The number of ether oxygens (including phenoxy) is 1. The first-order valence-electron chi connectivity index (χ1n) is 9.17. The van der Waals surface area contributed by atoms with Crippen molar-refractivity contribution in [3.8, 4) is 0 Å². The smallest absolute Gasteiger partial charge is 0.409 e. The van der Waals surface area contributed by atoms with Gasteiger partial charge in [0.2, 0.25) is 5.91 Å². The monoisotopic (exact) mass is 422 g/mol. The quantitative estimate of drug-likeness (QED) is 0.774. The van der Waals surface area contributed by atoms with Crippen LogP contribution in [0.25, 0.3) is 0 Å². The SMILES string of the molecule is CCOC(=O)N1CCN(CC(=O)Nc2ncc(Cc3ccccc3Cl)s2)CC1. The van der Waals surface area contributed by atoms with Gasteiger partial charge in [-0.25, -0.2) is 9.78 Å². The van der Waals surface area contributed by atoms with Gasteiger partial charge in [-0.05, 0) is 18.6 Å². The average molecular weight is 423 g/mol. The van der Waals surface area contributed by atoms with Crippen molar-refractivity contribution in [2.24, 2.45) is 0 Å². The number of halogens is 1. The maximum absolute atomic E-state index is 12.3. The molecule has 0 spiro atoms. The molecule has 1 aliphatic heterocycles. The third kappa shape index (κ3) is 5.67. The molecular formula is C19H23ClN4O3S. The van der Waals surface area contributed by atoms with Gasteiger partial charge in [0, 0.05) is 48.7 Å². The summed E-state index contributed by atoms with van der Waals surface area (Å²) in [7, 11) is 0. The number of carbonyl (C=O) groups excluding carboxylic acids is 2. The molecular weight excluding hydrogens is 400 g/mol. The van der Waals surface area contributed by atoms with E-state index in [1.807, 2.05) is 29.2 Å². The lowest BCUT2D eigenvalue weighted by Crippen LogP contribution is -2.50. The van der Waals surface area contributed by atoms with E-state index in [2.05, 4.69) is 10.3 Å². The number of carbonyl (C=O) groups is 2. The number of amides is 2. The predicted octanol–water partition coefficient (Wildman–Crippen LogP) is 3.10. The summed E-state index contributed by atoms with van der Waals surface area (Å²) in [6, 6.07) is 7.70. The molecule has 1 aliphatic rings. The topological polar surface area (TPSA) is 74.8 Å². The van der Waals surface area contributed by atoms with Gasteiger partial charge in [0.1, 0.15) is 0 Å². The third-order valence-electron chi connectivity index (χ3n) is 4.39. The lowest BCUT2D eigenvalue weighted by Gasteiger charge is -2.33. The fourth-order valence-corrected chi connectivity index (χ4v) is 4.00. The summed E-state index contributed by atoms with van der Waals surface area (Å²) in [6.45, 7) is 4.83. The number of nitrogens with one attached hydrogen (secondary N) is 1. The van der Waals surface area contributed by atoms with E-state index in [4.69, 9.17) is 16.3 Å². The van der Waals surface area contributed by atoms with Crippen molar-refractivity contribution in [1.82, 2.24) is 14.8 Å². The van der Waals surface area contributed by atoms with E-state index in [1.54, 1.807) is 18.0 Å². The van der Waals surface area contributed by atoms with E-state index in [9.17, 15) is 9.59 Å². The molecule has 28 heavy (non-hydrogen) atoms. The maximum atomic E-state index is 12.3. The van der Waals surface area contributed by atoms with Crippen molar-refractivity contribution in [2.75, 3.05) is 44.6 Å². The number of piperazine rings is 1. The predicted molar refractivity (Wildman–Crippen MR) is 110 cm³/mol. The van der Waals surface area contributed by atoms with Gasteiger partial charge in [-0.15, -0.1) is 11.3 Å². The minimum Gasteiger partial charge on any atom is -0.450 e. The summed E-state index contributed by atoms with van der Waals surface area (Å²) in [4.78, 5) is 33.0. The second-order valence-electron chi connectivity index (χ2n) is 6.41. The Kier molecular flexibility index (Phi) is 7.24. The highest BCUT2D eigenvalue weighted by Crippen LogP contribution is 2.24. The average Bonchev–Trinajstić information content (AvgIpc) is 3.11. The summed E-state index contributed by atoms with van der Waals surface area (Å²) in [5.74, 6) is -0.108. The molecule has 1 aromatic carbocycles. The fourth-order valence-electron chi connectivity index (χ4n) is 2.94. The first kappa shape index (κ1) is 20.6. The van der Waals surface area contributed by atoms with Gasteiger partial charge in [-0.3, -0.25) is 9.69 Å². The Morgan fingerprint density at radius 2 is 2.00 bits per heavy atom. The van der Waals surface area contributed by atoms with Crippen LogP contribution in [0.1, 0.15) is 17.4 Å². The molecule has 0 aliphatic carbocycles. The Labute approximate surface area is 173 Å². The van der Waals surface area contributed by atoms with E-state index in [-0.39, 0.29) is 18.5 Å². The standard InChI is InChI=1S/C19H23ClN4O3S/c1-2-27-19(26)24-9-7-23(8-10-24)13-17(25)22-18-21-12-15(28-18)11-14-5-3-4-6-16(14)20/h3-6,12H,2,7-11,13H2,1H3,(H,21,22,25). The summed E-state index contributed by atoms with van der Waals surface area (Å²) in [5.41, 5.74) is 1.03. The summed E-state index contributed by atoms with van der Waals surface area (Å²) in [6.07, 6.45) is 2.16. The highest BCUT2D eigenvalue weighted by Gasteiger charge is 2.23. The zero-order chi connectivity index (χ0) is 19.9. The zero-order valence-corrected chi connectivity index (χ0v) is 17.3. The number of anilines is 1. The number of aromatic nitrogens is 1. The highest BCUT2D eigenvalue weighted by atomic mass is 35.5. The molecule has 7 nitrogen and oxygen atoms in total. The Balaban J connectivity index is 1.45. The van der Waals surface area contributed by atoms with Crippen LogP contribution >= 0.6 is 22.9 Å². The van der Waals surface area contributed by atoms with Crippen LogP contribution in [0.5, 0.6) is 0 Å². The Morgan fingerprint density at radius 3 is 2.71 bits per heavy atom. The molecule has 2 aromatic rings. The zero-order valence-electron chi connectivity index (χ0n) is 15.7. The molecule has 2 amide bonds. The van der Waals surface area contributed by atoms with Crippen molar-refractivity contribution in [3.63, 3.8) is 0 Å². The maximum Gasteiger partial charge on any atom is 0.409 e. The van der Waals surface area contributed by atoms with E-state index >= 15 is 0 Å². The lowest BCUT2D eigenvalue weighted by molar-refractivity contribution is -0.117. The minimum absolute atomic E-state index is 0.108. The van der Waals surface area contributed by atoms with Gasteiger partial charge >= 0.3 is 6.09 Å². The molecule has 0 saturated carbocycles. The van der Waals surface area contributed by atoms with Crippen LogP contribution in [0, 0.1) is 0 Å². The van der Waals surface area contributed by atoms with Crippen molar-refractivity contribution in [1.29, 1.82) is 0 Å².